The number of thiophene rings is 1. The number of hydrogen-bond donors (Lipinski definition) is 1. The van der Waals surface area contributed by atoms with Crippen molar-refractivity contribution in [3.63, 3.8) is 0 Å². The van der Waals surface area contributed by atoms with Crippen molar-refractivity contribution in [1.82, 2.24) is 4.90 Å². The lowest BCUT2D eigenvalue weighted by atomic mass is 10.1. The Morgan fingerprint density at radius 3 is 2.44 bits per heavy atom. The first-order valence-corrected chi connectivity index (χ1v) is 12.4. The van der Waals surface area contributed by atoms with Gasteiger partial charge in [0.15, 0.2) is 11.5 Å². The fraction of sp³-hybridized carbons (Fsp3) is 0.440. The maximum absolute atomic E-state index is 13.2. The summed E-state index contributed by atoms with van der Waals surface area (Å²) in [6.45, 7) is 2.86. The number of anilines is 1. The lowest BCUT2D eigenvalue weighted by Crippen LogP contribution is -2.33. The fourth-order valence-electron chi connectivity index (χ4n) is 4.07. The van der Waals surface area contributed by atoms with Crippen molar-refractivity contribution in [2.24, 2.45) is 0 Å². The lowest BCUT2D eigenvalue weighted by molar-refractivity contribution is -0.136. The number of benzene rings is 1. The van der Waals surface area contributed by atoms with Crippen LogP contribution in [0.25, 0.3) is 5.57 Å². The molecule has 2 aromatic rings. The van der Waals surface area contributed by atoms with E-state index in [2.05, 4.69) is 12.2 Å². The highest BCUT2D eigenvalue weighted by atomic mass is 32.1. The summed E-state index contributed by atoms with van der Waals surface area (Å²) in [6, 6.07) is 9.19. The molecule has 32 heavy (non-hydrogen) atoms. The minimum Gasteiger partial charge on any atom is -0.454 e. The molecule has 170 valence electrons. The summed E-state index contributed by atoms with van der Waals surface area (Å²) in [5.41, 5.74) is 1.46. The van der Waals surface area contributed by atoms with Gasteiger partial charge in [-0.25, -0.2) is 0 Å². The number of amides is 2. The van der Waals surface area contributed by atoms with E-state index in [1.54, 1.807) is 12.1 Å². The van der Waals surface area contributed by atoms with Gasteiger partial charge in [0, 0.05) is 23.2 Å². The Labute approximate surface area is 193 Å². The number of rotatable bonds is 12. The van der Waals surface area contributed by atoms with Gasteiger partial charge in [-0.15, -0.1) is 11.3 Å². The monoisotopic (exact) mass is 454 g/mol. The minimum atomic E-state index is -0.265. The van der Waals surface area contributed by atoms with Crippen molar-refractivity contribution in [3.8, 4) is 11.5 Å². The van der Waals surface area contributed by atoms with Gasteiger partial charge in [-0.1, -0.05) is 57.9 Å². The zero-order valence-electron chi connectivity index (χ0n) is 18.5. The number of nitrogens with zero attached hydrogens (tertiary/aromatic N) is 1. The predicted octanol–water partition coefficient (Wildman–Crippen LogP) is 5.81. The molecular weight excluding hydrogens is 424 g/mol. The first-order valence-electron chi connectivity index (χ1n) is 11.5. The summed E-state index contributed by atoms with van der Waals surface area (Å²) >= 11 is 1.46. The van der Waals surface area contributed by atoms with Crippen molar-refractivity contribution in [2.75, 3.05) is 18.7 Å². The van der Waals surface area contributed by atoms with E-state index >= 15 is 0 Å². The summed E-state index contributed by atoms with van der Waals surface area (Å²) in [6.07, 6.45) is 9.34. The number of hydrogen-bond acceptors (Lipinski definition) is 6. The van der Waals surface area contributed by atoms with Crippen molar-refractivity contribution < 1.29 is 19.1 Å². The summed E-state index contributed by atoms with van der Waals surface area (Å²) in [4.78, 5) is 28.6. The zero-order chi connectivity index (χ0) is 22.3. The topological polar surface area (TPSA) is 67.9 Å². The van der Waals surface area contributed by atoms with Crippen LogP contribution < -0.4 is 14.8 Å². The Hall–Kier alpha value is -2.80. The van der Waals surface area contributed by atoms with E-state index in [4.69, 9.17) is 9.47 Å². The van der Waals surface area contributed by atoms with Gasteiger partial charge in [-0.2, -0.15) is 0 Å². The summed E-state index contributed by atoms with van der Waals surface area (Å²) in [5, 5.41) is 5.10. The molecule has 0 saturated carbocycles. The molecular formula is C25H30N2O4S. The number of carbonyl (C=O) groups excluding carboxylic acids is 2. The van der Waals surface area contributed by atoms with Crippen LogP contribution in [-0.4, -0.2) is 30.1 Å². The Kier molecular flexibility index (Phi) is 7.47. The first-order chi connectivity index (χ1) is 15.7. The molecule has 1 aromatic heterocycles. The molecule has 0 spiro atoms. The Morgan fingerprint density at radius 1 is 0.938 bits per heavy atom. The van der Waals surface area contributed by atoms with Crippen LogP contribution in [0.3, 0.4) is 0 Å². The number of ether oxygens (including phenoxy) is 2. The van der Waals surface area contributed by atoms with E-state index in [1.807, 2.05) is 23.6 Å². The van der Waals surface area contributed by atoms with Gasteiger partial charge in [0.25, 0.3) is 11.8 Å². The Bertz CT molecular complexity index is 984. The van der Waals surface area contributed by atoms with Crippen LogP contribution >= 0.6 is 11.3 Å². The van der Waals surface area contributed by atoms with E-state index in [0.717, 1.165) is 24.1 Å². The van der Waals surface area contributed by atoms with Crippen molar-refractivity contribution in [3.05, 3.63) is 46.3 Å². The van der Waals surface area contributed by atoms with Gasteiger partial charge in [0.2, 0.25) is 6.79 Å². The van der Waals surface area contributed by atoms with E-state index in [-0.39, 0.29) is 18.6 Å². The van der Waals surface area contributed by atoms with E-state index in [9.17, 15) is 9.59 Å². The van der Waals surface area contributed by atoms with Crippen LogP contribution in [-0.2, 0) is 9.59 Å². The second-order valence-electron chi connectivity index (χ2n) is 8.16. The molecule has 6 nitrogen and oxygen atoms in total. The molecule has 0 aliphatic carbocycles. The molecule has 2 amide bonds. The molecule has 7 heteroatoms. The highest BCUT2D eigenvalue weighted by Gasteiger charge is 2.39. The largest absolute Gasteiger partial charge is 0.454 e. The molecule has 0 bridgehead atoms. The molecule has 2 aliphatic heterocycles. The van der Waals surface area contributed by atoms with Gasteiger partial charge in [-0.3, -0.25) is 14.5 Å². The van der Waals surface area contributed by atoms with Crippen LogP contribution in [0.2, 0.25) is 0 Å². The van der Waals surface area contributed by atoms with Crippen LogP contribution in [0.4, 0.5) is 5.69 Å². The van der Waals surface area contributed by atoms with Gasteiger partial charge < -0.3 is 14.8 Å². The zero-order valence-corrected chi connectivity index (χ0v) is 19.3. The quantitative estimate of drug-likeness (QED) is 0.324. The van der Waals surface area contributed by atoms with Crippen molar-refractivity contribution in [1.29, 1.82) is 0 Å². The third kappa shape index (κ3) is 4.99. The number of fused-ring (bicyclic) bond motifs is 1. The molecule has 2 aliphatic rings. The molecule has 0 atom stereocenters. The van der Waals surface area contributed by atoms with E-state index in [1.165, 1.54) is 48.3 Å². The first kappa shape index (κ1) is 22.4. The van der Waals surface area contributed by atoms with Gasteiger partial charge in [0.1, 0.15) is 5.70 Å². The second-order valence-corrected chi connectivity index (χ2v) is 9.10. The number of unbranched alkanes of at least 4 members (excludes halogenated alkanes) is 7. The predicted molar refractivity (Wildman–Crippen MR) is 127 cm³/mol. The normalized spacial score (nSPS) is 15.2. The maximum atomic E-state index is 13.2. The molecule has 0 radical (unpaired) electrons. The number of carbonyl (C=O) groups is 2. The SMILES string of the molecule is CCCCCCCCCCN1C(=O)C(Nc2ccc3c(c2)OCO3)=C(c2cccs2)C1=O. The Morgan fingerprint density at radius 2 is 1.69 bits per heavy atom. The average Bonchev–Trinajstić information content (AvgIpc) is 3.52. The van der Waals surface area contributed by atoms with Crippen molar-refractivity contribution in [2.45, 2.75) is 58.3 Å². The van der Waals surface area contributed by atoms with Gasteiger partial charge in [0.05, 0.1) is 5.57 Å². The molecule has 0 fully saturated rings. The second kappa shape index (κ2) is 10.7. The highest BCUT2D eigenvalue weighted by molar-refractivity contribution is 7.11. The number of nitrogens with one attached hydrogen (secondary N) is 1. The smallest absolute Gasteiger partial charge is 0.278 e. The molecule has 0 saturated heterocycles. The summed E-state index contributed by atoms with van der Waals surface area (Å²) in [5.74, 6) is 0.816. The molecule has 3 heterocycles. The summed E-state index contributed by atoms with van der Waals surface area (Å²) < 4.78 is 10.8. The third-order valence-electron chi connectivity index (χ3n) is 5.81. The Balaban J connectivity index is 1.42. The van der Waals surface area contributed by atoms with Crippen LogP contribution in [0.15, 0.2) is 41.4 Å². The average molecular weight is 455 g/mol. The van der Waals surface area contributed by atoms with Gasteiger partial charge >= 0.3 is 0 Å². The van der Waals surface area contributed by atoms with E-state index in [0.29, 0.717) is 35.0 Å². The van der Waals surface area contributed by atoms with Gasteiger partial charge in [-0.05, 0) is 30.0 Å². The molecule has 0 unspecified atom stereocenters. The van der Waals surface area contributed by atoms with Crippen LogP contribution in [0.5, 0.6) is 11.5 Å². The number of imide groups is 1. The van der Waals surface area contributed by atoms with Crippen LogP contribution in [0, 0.1) is 0 Å². The molecule has 1 aromatic carbocycles. The summed E-state index contributed by atoms with van der Waals surface area (Å²) in [7, 11) is 0. The van der Waals surface area contributed by atoms with E-state index < -0.39 is 0 Å². The van der Waals surface area contributed by atoms with Crippen LogP contribution in [0.1, 0.15) is 63.2 Å². The molecule has 1 N–H and O–H groups in total. The van der Waals surface area contributed by atoms with Crippen molar-refractivity contribution >= 4 is 34.4 Å². The third-order valence-corrected chi connectivity index (χ3v) is 6.70. The maximum Gasteiger partial charge on any atom is 0.278 e. The fourth-order valence-corrected chi connectivity index (χ4v) is 4.84. The highest BCUT2D eigenvalue weighted by Crippen LogP contribution is 2.37. The minimum absolute atomic E-state index is 0.186. The standard InChI is InChI=1S/C25H30N2O4S/c1-2-3-4-5-6-7-8-9-14-27-24(28)22(21-11-10-15-32-21)23(25(27)29)26-18-12-13-19-20(16-18)31-17-30-19/h10-13,15-16,26H,2-9,14,17H2,1H3. The lowest BCUT2D eigenvalue weighted by Gasteiger charge is -2.15. The molecule has 4 rings (SSSR count).